The summed E-state index contributed by atoms with van der Waals surface area (Å²) in [5.41, 5.74) is -0.688. The quantitative estimate of drug-likeness (QED) is 0.756. The maximum atomic E-state index is 12.2. The largest absolute Gasteiger partial charge is 0.351 e. The molecule has 1 saturated heterocycles. The molecular formula is C13H22N2O2. The van der Waals surface area contributed by atoms with Crippen LogP contribution in [-0.4, -0.2) is 34.8 Å². The molecule has 0 aromatic heterocycles. The summed E-state index contributed by atoms with van der Waals surface area (Å²) in [6, 6.07) is 0.312. The zero-order chi connectivity index (χ0) is 12.5. The van der Waals surface area contributed by atoms with Crippen LogP contribution in [0.4, 0.5) is 0 Å². The smallest absolute Gasteiger partial charge is 0.245 e. The zero-order valence-electron chi connectivity index (χ0n) is 10.8. The van der Waals surface area contributed by atoms with Gasteiger partial charge in [0.1, 0.15) is 5.54 Å². The van der Waals surface area contributed by atoms with Crippen LogP contribution >= 0.6 is 0 Å². The van der Waals surface area contributed by atoms with E-state index in [0.29, 0.717) is 19.0 Å². The van der Waals surface area contributed by atoms with Crippen LogP contribution < -0.4 is 5.32 Å². The Morgan fingerprint density at radius 1 is 1.29 bits per heavy atom. The Morgan fingerprint density at radius 3 is 2.41 bits per heavy atom. The molecule has 1 aliphatic carbocycles. The molecule has 2 aliphatic rings. The Hall–Kier alpha value is -1.06. The van der Waals surface area contributed by atoms with Crippen LogP contribution in [0, 0.1) is 0 Å². The maximum absolute atomic E-state index is 12.2. The topological polar surface area (TPSA) is 49.4 Å². The Labute approximate surface area is 103 Å². The molecule has 1 heterocycles. The van der Waals surface area contributed by atoms with Gasteiger partial charge in [0.2, 0.25) is 11.8 Å². The van der Waals surface area contributed by atoms with Gasteiger partial charge in [-0.05, 0) is 26.7 Å². The van der Waals surface area contributed by atoms with E-state index in [2.05, 4.69) is 5.32 Å². The first-order valence-electron chi connectivity index (χ1n) is 6.63. The van der Waals surface area contributed by atoms with Crippen LogP contribution in [0.3, 0.4) is 0 Å². The SMILES string of the molecule is CC(C)(C(=O)NC1CCCCC1)N1CCC1=O. The number of carbonyl (C=O) groups is 2. The van der Waals surface area contributed by atoms with E-state index < -0.39 is 5.54 Å². The van der Waals surface area contributed by atoms with Gasteiger partial charge in [-0.15, -0.1) is 0 Å². The van der Waals surface area contributed by atoms with Gasteiger partial charge in [0, 0.05) is 19.0 Å². The highest BCUT2D eigenvalue weighted by Crippen LogP contribution is 2.24. The van der Waals surface area contributed by atoms with Gasteiger partial charge in [-0.3, -0.25) is 9.59 Å². The molecule has 4 nitrogen and oxygen atoms in total. The van der Waals surface area contributed by atoms with E-state index in [1.807, 2.05) is 13.8 Å². The highest BCUT2D eigenvalue weighted by atomic mass is 16.2. The van der Waals surface area contributed by atoms with Crippen molar-refractivity contribution in [2.24, 2.45) is 0 Å². The van der Waals surface area contributed by atoms with Crippen LogP contribution in [0.25, 0.3) is 0 Å². The van der Waals surface area contributed by atoms with Crippen LogP contribution in [0.1, 0.15) is 52.4 Å². The van der Waals surface area contributed by atoms with E-state index in [-0.39, 0.29) is 11.8 Å². The van der Waals surface area contributed by atoms with E-state index in [9.17, 15) is 9.59 Å². The Kier molecular flexibility index (Phi) is 3.40. The molecule has 96 valence electrons. The average molecular weight is 238 g/mol. The number of hydrogen-bond donors (Lipinski definition) is 1. The summed E-state index contributed by atoms with van der Waals surface area (Å²) in [5, 5.41) is 3.10. The second kappa shape index (κ2) is 4.67. The third-order valence-electron chi connectivity index (χ3n) is 4.02. The van der Waals surface area contributed by atoms with E-state index in [4.69, 9.17) is 0 Å². The van der Waals surface area contributed by atoms with Gasteiger partial charge in [0.05, 0.1) is 0 Å². The number of β-lactam (4-membered cyclic amide) rings is 1. The fraction of sp³-hybridized carbons (Fsp3) is 0.846. The van der Waals surface area contributed by atoms with Crippen molar-refractivity contribution in [1.82, 2.24) is 10.2 Å². The summed E-state index contributed by atoms with van der Waals surface area (Å²) >= 11 is 0. The first-order valence-corrected chi connectivity index (χ1v) is 6.63. The standard InChI is InChI=1S/C13H22N2O2/c1-13(2,15-9-8-11(15)16)12(17)14-10-6-4-3-5-7-10/h10H,3-9H2,1-2H3,(H,14,17). The van der Waals surface area contributed by atoms with Crippen LogP contribution in [-0.2, 0) is 9.59 Å². The van der Waals surface area contributed by atoms with Gasteiger partial charge in [0.15, 0.2) is 0 Å². The van der Waals surface area contributed by atoms with E-state index in [1.165, 1.54) is 19.3 Å². The van der Waals surface area contributed by atoms with Gasteiger partial charge < -0.3 is 10.2 Å². The monoisotopic (exact) mass is 238 g/mol. The minimum atomic E-state index is -0.688. The molecular weight excluding hydrogens is 216 g/mol. The summed E-state index contributed by atoms with van der Waals surface area (Å²) in [5.74, 6) is 0.0891. The molecule has 0 spiro atoms. The fourth-order valence-corrected chi connectivity index (χ4v) is 2.64. The Morgan fingerprint density at radius 2 is 1.94 bits per heavy atom. The molecule has 4 heteroatoms. The summed E-state index contributed by atoms with van der Waals surface area (Å²) in [4.78, 5) is 25.3. The van der Waals surface area contributed by atoms with Crippen molar-refractivity contribution < 1.29 is 9.59 Å². The van der Waals surface area contributed by atoms with Crippen molar-refractivity contribution in [3.63, 3.8) is 0 Å². The van der Waals surface area contributed by atoms with Crippen molar-refractivity contribution in [2.45, 2.75) is 64.0 Å². The molecule has 0 unspecified atom stereocenters. The van der Waals surface area contributed by atoms with Gasteiger partial charge in [-0.2, -0.15) is 0 Å². The summed E-state index contributed by atoms with van der Waals surface area (Å²) < 4.78 is 0. The van der Waals surface area contributed by atoms with E-state index >= 15 is 0 Å². The highest BCUT2D eigenvalue weighted by molar-refractivity contribution is 5.93. The van der Waals surface area contributed by atoms with Crippen molar-refractivity contribution in [1.29, 1.82) is 0 Å². The number of rotatable bonds is 3. The minimum Gasteiger partial charge on any atom is -0.351 e. The third-order valence-corrected chi connectivity index (χ3v) is 4.02. The Bertz CT molecular complexity index is 319. The van der Waals surface area contributed by atoms with E-state index in [0.717, 1.165) is 12.8 Å². The molecule has 2 rings (SSSR count). The summed E-state index contributed by atoms with van der Waals surface area (Å²) in [7, 11) is 0. The highest BCUT2D eigenvalue weighted by Gasteiger charge is 2.42. The van der Waals surface area contributed by atoms with Crippen LogP contribution in [0.2, 0.25) is 0 Å². The number of hydrogen-bond acceptors (Lipinski definition) is 2. The van der Waals surface area contributed by atoms with Crippen LogP contribution in [0.5, 0.6) is 0 Å². The predicted molar refractivity (Wildman–Crippen MR) is 65.4 cm³/mol. The third kappa shape index (κ3) is 2.45. The second-order valence-electron chi connectivity index (χ2n) is 5.66. The molecule has 1 saturated carbocycles. The first-order chi connectivity index (χ1) is 8.01. The van der Waals surface area contributed by atoms with Gasteiger partial charge in [0.25, 0.3) is 0 Å². The lowest BCUT2D eigenvalue weighted by Gasteiger charge is -2.43. The molecule has 1 aliphatic heterocycles. The molecule has 2 fully saturated rings. The lowest BCUT2D eigenvalue weighted by atomic mass is 9.92. The number of amides is 2. The minimum absolute atomic E-state index is 0.00236. The summed E-state index contributed by atoms with van der Waals surface area (Å²) in [6.45, 7) is 4.38. The second-order valence-corrected chi connectivity index (χ2v) is 5.66. The van der Waals surface area contributed by atoms with Gasteiger partial charge in [-0.1, -0.05) is 19.3 Å². The van der Waals surface area contributed by atoms with E-state index in [1.54, 1.807) is 4.90 Å². The predicted octanol–water partition coefficient (Wildman–Crippen LogP) is 1.45. The molecule has 0 aromatic rings. The average Bonchev–Trinajstić information content (AvgIpc) is 2.27. The molecule has 0 aromatic carbocycles. The number of likely N-dealkylation sites (tertiary alicyclic amines) is 1. The van der Waals surface area contributed by atoms with Gasteiger partial charge >= 0.3 is 0 Å². The van der Waals surface area contributed by atoms with Crippen LogP contribution in [0.15, 0.2) is 0 Å². The molecule has 0 bridgehead atoms. The number of nitrogens with zero attached hydrogens (tertiary/aromatic N) is 1. The molecule has 17 heavy (non-hydrogen) atoms. The Balaban J connectivity index is 1.91. The molecule has 1 N–H and O–H groups in total. The van der Waals surface area contributed by atoms with Gasteiger partial charge in [-0.25, -0.2) is 0 Å². The van der Waals surface area contributed by atoms with Crippen molar-refractivity contribution >= 4 is 11.8 Å². The molecule has 0 atom stereocenters. The molecule has 0 radical (unpaired) electrons. The fourth-order valence-electron chi connectivity index (χ4n) is 2.64. The summed E-state index contributed by atoms with van der Waals surface area (Å²) in [6.07, 6.45) is 6.42. The van der Waals surface area contributed by atoms with Crippen molar-refractivity contribution in [2.75, 3.05) is 6.54 Å². The van der Waals surface area contributed by atoms with Crippen molar-refractivity contribution in [3.8, 4) is 0 Å². The first kappa shape index (κ1) is 12.4. The number of nitrogens with one attached hydrogen (secondary N) is 1. The molecule has 2 amide bonds. The van der Waals surface area contributed by atoms with Crippen molar-refractivity contribution in [3.05, 3.63) is 0 Å². The number of carbonyl (C=O) groups excluding carboxylic acids is 2. The zero-order valence-corrected chi connectivity index (χ0v) is 10.8. The normalized spacial score (nSPS) is 22.2. The lowest BCUT2D eigenvalue weighted by molar-refractivity contribution is -0.155. The lowest BCUT2D eigenvalue weighted by Crippen LogP contribution is -2.63. The maximum Gasteiger partial charge on any atom is 0.245 e.